The first kappa shape index (κ1) is 28.0. The SMILES string of the molecule is CC(C)NC(=O)Oc1c(Cl)cc(Cl)c(Cl)c1Cc1c(Cl)c(Cl)cc(Cl)c1OC(=O)NC(C)C. The molecule has 33 heavy (non-hydrogen) atoms. The second-order valence-corrected chi connectivity index (χ2v) is 9.86. The van der Waals surface area contributed by atoms with Gasteiger partial charge in [-0.3, -0.25) is 0 Å². The molecule has 2 amide bonds. The number of amides is 2. The maximum absolute atomic E-state index is 12.3. The Labute approximate surface area is 221 Å². The number of rotatable bonds is 6. The second kappa shape index (κ2) is 11.9. The lowest BCUT2D eigenvalue weighted by Crippen LogP contribution is -2.33. The molecule has 0 aliphatic heterocycles. The highest BCUT2D eigenvalue weighted by atomic mass is 35.5. The zero-order valence-corrected chi connectivity index (χ0v) is 22.5. The van der Waals surface area contributed by atoms with Crippen molar-refractivity contribution in [1.82, 2.24) is 10.6 Å². The molecule has 12 heteroatoms. The van der Waals surface area contributed by atoms with Gasteiger partial charge in [0, 0.05) is 29.6 Å². The fraction of sp³-hybridized carbons (Fsp3) is 0.333. The summed E-state index contributed by atoms with van der Waals surface area (Å²) >= 11 is 37.9. The fourth-order valence-electron chi connectivity index (χ4n) is 2.69. The van der Waals surface area contributed by atoms with Crippen molar-refractivity contribution in [3.8, 4) is 11.5 Å². The summed E-state index contributed by atoms with van der Waals surface area (Å²) in [6.07, 6.45) is -1.64. The van der Waals surface area contributed by atoms with E-state index in [1.54, 1.807) is 27.7 Å². The normalized spacial score (nSPS) is 11.0. The van der Waals surface area contributed by atoms with Crippen LogP contribution in [-0.4, -0.2) is 24.3 Å². The maximum atomic E-state index is 12.3. The lowest BCUT2D eigenvalue weighted by Gasteiger charge is -2.19. The first-order valence-corrected chi connectivity index (χ1v) is 11.9. The molecule has 0 unspecified atom stereocenters. The van der Waals surface area contributed by atoms with Crippen LogP contribution < -0.4 is 20.1 Å². The van der Waals surface area contributed by atoms with Gasteiger partial charge in [-0.2, -0.15) is 0 Å². The standard InChI is InChI=1S/C21H20Cl6N2O4/c1-8(2)28-20(30)32-18-10(16(26)12(22)6-14(18)24)5-11-17(27)13(23)7-15(25)19(11)33-21(31)29-9(3)4/h6-9H,5H2,1-4H3,(H,28,30)(H,29,31). The van der Waals surface area contributed by atoms with E-state index in [0.29, 0.717) is 0 Å². The van der Waals surface area contributed by atoms with Crippen molar-refractivity contribution < 1.29 is 19.1 Å². The van der Waals surface area contributed by atoms with Gasteiger partial charge in [0.15, 0.2) is 11.5 Å². The van der Waals surface area contributed by atoms with Gasteiger partial charge >= 0.3 is 12.2 Å². The van der Waals surface area contributed by atoms with Crippen LogP contribution in [0.5, 0.6) is 11.5 Å². The van der Waals surface area contributed by atoms with Gasteiger partial charge in [-0.1, -0.05) is 69.6 Å². The van der Waals surface area contributed by atoms with Gasteiger partial charge in [0.1, 0.15) is 0 Å². The Morgan fingerprint density at radius 1 is 0.697 bits per heavy atom. The number of nitrogens with one attached hydrogen (secondary N) is 2. The van der Waals surface area contributed by atoms with Crippen LogP contribution in [0.2, 0.25) is 30.1 Å². The van der Waals surface area contributed by atoms with Crippen LogP contribution in [0.25, 0.3) is 0 Å². The summed E-state index contributed by atoms with van der Waals surface area (Å²) < 4.78 is 10.8. The summed E-state index contributed by atoms with van der Waals surface area (Å²) in [5.41, 5.74) is 0.421. The summed E-state index contributed by atoms with van der Waals surface area (Å²) in [6, 6.07) is 2.30. The number of halogens is 6. The summed E-state index contributed by atoms with van der Waals surface area (Å²) in [7, 11) is 0. The molecule has 0 aromatic heterocycles. The Bertz CT molecular complexity index is 992. The Morgan fingerprint density at radius 2 is 1.03 bits per heavy atom. The zero-order valence-electron chi connectivity index (χ0n) is 17.9. The fourth-order valence-corrected chi connectivity index (χ4v) is 4.18. The Kier molecular flexibility index (Phi) is 10.1. The van der Waals surface area contributed by atoms with Crippen molar-refractivity contribution in [2.24, 2.45) is 0 Å². The average Bonchev–Trinajstić information content (AvgIpc) is 2.67. The molecule has 0 aliphatic carbocycles. The molecule has 6 nitrogen and oxygen atoms in total. The predicted octanol–water partition coefficient (Wildman–Crippen LogP) is 8.19. The van der Waals surface area contributed by atoms with E-state index in [2.05, 4.69) is 10.6 Å². The number of carbonyl (C=O) groups excluding carboxylic acids is 2. The molecule has 0 aliphatic rings. The van der Waals surface area contributed by atoms with E-state index >= 15 is 0 Å². The molecule has 180 valence electrons. The van der Waals surface area contributed by atoms with E-state index in [1.165, 1.54) is 12.1 Å². The van der Waals surface area contributed by atoms with Crippen molar-refractivity contribution in [2.45, 2.75) is 46.2 Å². The molecule has 2 N–H and O–H groups in total. The van der Waals surface area contributed by atoms with Crippen LogP contribution in [0.1, 0.15) is 38.8 Å². The van der Waals surface area contributed by atoms with Crippen LogP contribution in [0.3, 0.4) is 0 Å². The van der Waals surface area contributed by atoms with Gasteiger partial charge in [-0.15, -0.1) is 0 Å². The summed E-state index contributed by atoms with van der Waals surface area (Å²) in [6.45, 7) is 7.05. The Morgan fingerprint density at radius 3 is 1.33 bits per heavy atom. The van der Waals surface area contributed by atoms with Gasteiger partial charge in [-0.25, -0.2) is 9.59 Å². The summed E-state index contributed by atoms with van der Waals surface area (Å²) in [5.74, 6) is -0.0945. The van der Waals surface area contributed by atoms with Crippen LogP contribution in [0, 0.1) is 0 Å². The van der Waals surface area contributed by atoms with Gasteiger partial charge in [0.2, 0.25) is 0 Å². The largest absolute Gasteiger partial charge is 0.412 e. The molecule has 0 saturated carbocycles. The molecule has 0 radical (unpaired) electrons. The van der Waals surface area contributed by atoms with Gasteiger partial charge in [0.05, 0.1) is 30.1 Å². The van der Waals surface area contributed by atoms with Gasteiger partial charge in [-0.05, 0) is 39.8 Å². The van der Waals surface area contributed by atoms with E-state index in [4.69, 9.17) is 79.1 Å². The number of ether oxygens (including phenoxy) is 2. The van der Waals surface area contributed by atoms with Crippen molar-refractivity contribution in [3.05, 3.63) is 53.4 Å². The highest BCUT2D eigenvalue weighted by Crippen LogP contribution is 2.45. The van der Waals surface area contributed by atoms with Gasteiger partial charge in [0.25, 0.3) is 0 Å². The molecule has 0 saturated heterocycles. The number of benzene rings is 2. The van der Waals surface area contributed by atoms with Crippen LogP contribution in [0.15, 0.2) is 12.1 Å². The highest BCUT2D eigenvalue weighted by molar-refractivity contribution is 6.45. The summed E-state index contributed by atoms with van der Waals surface area (Å²) in [4.78, 5) is 24.5. The molecule has 0 fully saturated rings. The molecule has 2 rings (SSSR count). The minimum absolute atomic E-state index is 0.0302. The monoisotopic (exact) mass is 574 g/mol. The molecule has 2 aromatic rings. The Balaban J connectivity index is 2.62. The number of hydrogen-bond acceptors (Lipinski definition) is 4. The zero-order chi connectivity index (χ0) is 25.0. The third-order valence-corrected chi connectivity index (χ3v) is 6.21. The molecule has 0 atom stereocenters. The Hall–Kier alpha value is -1.28. The molecular formula is C21H20Cl6N2O4. The van der Waals surface area contributed by atoms with Crippen LogP contribution in [0.4, 0.5) is 9.59 Å². The molecular weight excluding hydrogens is 557 g/mol. The average molecular weight is 577 g/mol. The second-order valence-electron chi connectivity index (χ2n) is 7.48. The highest BCUT2D eigenvalue weighted by Gasteiger charge is 2.25. The lowest BCUT2D eigenvalue weighted by atomic mass is 10.0. The van der Waals surface area contributed by atoms with Crippen molar-refractivity contribution in [3.63, 3.8) is 0 Å². The van der Waals surface area contributed by atoms with Crippen molar-refractivity contribution >= 4 is 81.8 Å². The first-order chi connectivity index (χ1) is 15.3. The summed E-state index contributed by atoms with van der Waals surface area (Å²) in [5, 5.41) is 5.56. The van der Waals surface area contributed by atoms with E-state index in [9.17, 15) is 9.59 Å². The molecule has 0 bridgehead atoms. The van der Waals surface area contributed by atoms with E-state index < -0.39 is 12.2 Å². The molecule has 0 heterocycles. The van der Waals surface area contributed by atoms with Crippen LogP contribution >= 0.6 is 69.6 Å². The lowest BCUT2D eigenvalue weighted by molar-refractivity contribution is 0.197. The smallest absolute Gasteiger partial charge is 0.408 e. The topological polar surface area (TPSA) is 76.7 Å². The quantitative estimate of drug-likeness (QED) is 0.340. The van der Waals surface area contributed by atoms with Crippen LogP contribution in [-0.2, 0) is 6.42 Å². The third kappa shape index (κ3) is 7.35. The molecule has 0 spiro atoms. The maximum Gasteiger partial charge on any atom is 0.412 e. The molecule has 2 aromatic carbocycles. The minimum atomic E-state index is -0.755. The number of carbonyl (C=O) groups is 2. The van der Waals surface area contributed by atoms with E-state index in [0.717, 1.165) is 0 Å². The number of hydrogen-bond donors (Lipinski definition) is 2. The predicted molar refractivity (Wildman–Crippen MR) is 134 cm³/mol. The van der Waals surface area contributed by atoms with Crippen molar-refractivity contribution in [1.29, 1.82) is 0 Å². The van der Waals surface area contributed by atoms with E-state index in [1.807, 2.05) is 0 Å². The van der Waals surface area contributed by atoms with E-state index in [-0.39, 0.29) is 71.3 Å². The first-order valence-electron chi connectivity index (χ1n) is 9.61. The minimum Gasteiger partial charge on any atom is -0.408 e. The van der Waals surface area contributed by atoms with Gasteiger partial charge < -0.3 is 20.1 Å². The van der Waals surface area contributed by atoms with Crippen molar-refractivity contribution in [2.75, 3.05) is 0 Å². The third-order valence-electron chi connectivity index (χ3n) is 3.99.